The number of nitrogens with zero attached hydrogens (tertiary/aromatic N) is 3. The lowest BCUT2D eigenvalue weighted by Crippen LogP contribution is -2.25. The molecule has 1 aliphatic heterocycles. The van der Waals surface area contributed by atoms with Crippen molar-refractivity contribution >= 4 is 22.9 Å². The number of hydrogen-bond acceptors (Lipinski definition) is 6. The first-order valence-corrected chi connectivity index (χ1v) is 8.86. The van der Waals surface area contributed by atoms with Crippen LogP contribution >= 0.6 is 11.3 Å². The summed E-state index contributed by atoms with van der Waals surface area (Å²) in [6.07, 6.45) is 0.350. The molecule has 1 atom stereocenters. The van der Waals surface area contributed by atoms with Crippen LogP contribution in [0.2, 0.25) is 0 Å². The van der Waals surface area contributed by atoms with E-state index in [2.05, 4.69) is 10.1 Å². The van der Waals surface area contributed by atoms with Crippen LogP contribution in [0.3, 0.4) is 0 Å². The Morgan fingerprint density at radius 3 is 3.00 bits per heavy atom. The molecule has 128 valence electrons. The molecule has 1 amide bonds. The van der Waals surface area contributed by atoms with Crippen molar-refractivity contribution in [3.05, 3.63) is 47.2 Å². The first kappa shape index (κ1) is 15.8. The molecule has 3 aromatic rings. The van der Waals surface area contributed by atoms with Crippen LogP contribution in [0.15, 0.2) is 40.2 Å². The average Bonchev–Trinajstić information content (AvgIpc) is 3.34. The lowest BCUT2D eigenvalue weighted by Gasteiger charge is -2.19. The van der Waals surface area contributed by atoms with Crippen LogP contribution in [-0.2, 0) is 4.79 Å². The Hall–Kier alpha value is -2.67. The van der Waals surface area contributed by atoms with Gasteiger partial charge in [-0.3, -0.25) is 4.79 Å². The van der Waals surface area contributed by atoms with Crippen molar-refractivity contribution in [1.29, 1.82) is 0 Å². The van der Waals surface area contributed by atoms with Crippen molar-refractivity contribution in [2.45, 2.75) is 19.3 Å². The van der Waals surface area contributed by atoms with Crippen LogP contribution in [0.1, 0.15) is 23.8 Å². The maximum absolute atomic E-state index is 12.6. The second kappa shape index (κ2) is 6.33. The van der Waals surface area contributed by atoms with Crippen molar-refractivity contribution in [3.8, 4) is 16.5 Å². The normalized spacial score (nSPS) is 17.3. The topological polar surface area (TPSA) is 68.5 Å². The van der Waals surface area contributed by atoms with E-state index in [0.29, 0.717) is 30.4 Å². The fraction of sp³-hybridized carbons (Fsp3) is 0.278. The zero-order chi connectivity index (χ0) is 17.4. The number of methoxy groups -OCH3 is 1. The standard InChI is InChI=1S/C18H17N3O3S/c1-11-5-6-14(23-2)13(8-11)21-10-12(9-16(21)22)18-19-17(20-24-18)15-4-3-7-25-15/h3-8,12H,9-10H2,1-2H3. The molecule has 0 saturated carbocycles. The summed E-state index contributed by atoms with van der Waals surface area (Å²) in [6, 6.07) is 9.70. The third-order valence-corrected chi connectivity index (χ3v) is 5.15. The molecule has 25 heavy (non-hydrogen) atoms. The molecule has 0 aliphatic carbocycles. The maximum Gasteiger partial charge on any atom is 0.232 e. The summed E-state index contributed by atoms with van der Waals surface area (Å²) in [5.74, 6) is 1.68. The summed E-state index contributed by atoms with van der Waals surface area (Å²) in [4.78, 5) is 19.7. The van der Waals surface area contributed by atoms with E-state index < -0.39 is 0 Å². The van der Waals surface area contributed by atoms with Gasteiger partial charge in [-0.2, -0.15) is 4.98 Å². The Balaban J connectivity index is 1.60. The predicted molar refractivity (Wildman–Crippen MR) is 95.1 cm³/mol. The highest BCUT2D eigenvalue weighted by Gasteiger charge is 2.36. The zero-order valence-electron chi connectivity index (χ0n) is 13.9. The molecule has 0 bridgehead atoms. The van der Waals surface area contributed by atoms with Gasteiger partial charge in [0, 0.05) is 13.0 Å². The first-order valence-electron chi connectivity index (χ1n) is 7.98. The summed E-state index contributed by atoms with van der Waals surface area (Å²) in [5, 5.41) is 6.01. The molecule has 2 aromatic heterocycles. The van der Waals surface area contributed by atoms with Gasteiger partial charge < -0.3 is 14.2 Å². The van der Waals surface area contributed by atoms with Crippen LogP contribution in [0, 0.1) is 6.92 Å². The van der Waals surface area contributed by atoms with Gasteiger partial charge >= 0.3 is 0 Å². The Bertz CT molecular complexity index is 904. The third kappa shape index (κ3) is 2.91. The number of hydrogen-bond donors (Lipinski definition) is 0. The third-order valence-electron chi connectivity index (χ3n) is 4.28. The molecule has 3 heterocycles. The monoisotopic (exact) mass is 355 g/mol. The van der Waals surface area contributed by atoms with Crippen molar-refractivity contribution in [2.24, 2.45) is 0 Å². The minimum Gasteiger partial charge on any atom is -0.495 e. The molecule has 1 saturated heterocycles. The summed E-state index contributed by atoms with van der Waals surface area (Å²) in [6.45, 7) is 2.50. The van der Waals surface area contributed by atoms with Crippen molar-refractivity contribution in [2.75, 3.05) is 18.6 Å². The van der Waals surface area contributed by atoms with E-state index in [9.17, 15) is 4.79 Å². The fourth-order valence-corrected chi connectivity index (χ4v) is 3.67. The van der Waals surface area contributed by atoms with Gasteiger partial charge in [-0.05, 0) is 36.1 Å². The zero-order valence-corrected chi connectivity index (χ0v) is 14.7. The minimum atomic E-state index is -0.112. The van der Waals surface area contributed by atoms with E-state index in [1.165, 1.54) is 0 Å². The van der Waals surface area contributed by atoms with Gasteiger partial charge in [0.05, 0.1) is 23.6 Å². The van der Waals surface area contributed by atoms with Crippen LogP contribution in [0.4, 0.5) is 5.69 Å². The SMILES string of the molecule is COc1ccc(C)cc1N1CC(c2nc(-c3cccs3)no2)CC1=O. The molecule has 7 heteroatoms. The lowest BCUT2D eigenvalue weighted by atomic mass is 10.1. The number of rotatable bonds is 4. The summed E-state index contributed by atoms with van der Waals surface area (Å²) >= 11 is 1.56. The van der Waals surface area contributed by atoms with E-state index in [1.807, 2.05) is 42.6 Å². The lowest BCUT2D eigenvalue weighted by molar-refractivity contribution is -0.117. The number of thiophene rings is 1. The summed E-state index contributed by atoms with van der Waals surface area (Å²) in [7, 11) is 1.61. The van der Waals surface area contributed by atoms with E-state index in [1.54, 1.807) is 23.3 Å². The molecule has 1 unspecified atom stereocenters. The predicted octanol–water partition coefficient (Wildman–Crippen LogP) is 3.64. The molecule has 1 aromatic carbocycles. The smallest absolute Gasteiger partial charge is 0.232 e. The highest BCUT2D eigenvalue weighted by molar-refractivity contribution is 7.13. The van der Waals surface area contributed by atoms with Gasteiger partial charge in [-0.25, -0.2) is 0 Å². The van der Waals surface area contributed by atoms with Crippen molar-refractivity contribution in [3.63, 3.8) is 0 Å². The van der Waals surface area contributed by atoms with E-state index in [4.69, 9.17) is 9.26 Å². The second-order valence-electron chi connectivity index (χ2n) is 6.01. The highest BCUT2D eigenvalue weighted by Crippen LogP contribution is 2.37. The van der Waals surface area contributed by atoms with Crippen LogP contribution in [0.25, 0.3) is 10.7 Å². The molecular weight excluding hydrogens is 338 g/mol. The number of benzene rings is 1. The molecule has 6 nitrogen and oxygen atoms in total. The number of aromatic nitrogens is 2. The van der Waals surface area contributed by atoms with E-state index in [0.717, 1.165) is 16.1 Å². The van der Waals surface area contributed by atoms with Gasteiger partial charge in [0.25, 0.3) is 0 Å². The van der Waals surface area contributed by atoms with Crippen LogP contribution < -0.4 is 9.64 Å². The minimum absolute atomic E-state index is 0.0322. The van der Waals surface area contributed by atoms with Gasteiger partial charge in [-0.15, -0.1) is 11.3 Å². The van der Waals surface area contributed by atoms with Crippen LogP contribution in [0.5, 0.6) is 5.75 Å². The van der Waals surface area contributed by atoms with E-state index in [-0.39, 0.29) is 11.8 Å². The van der Waals surface area contributed by atoms with Crippen LogP contribution in [-0.4, -0.2) is 29.7 Å². The molecular formula is C18H17N3O3S. The second-order valence-corrected chi connectivity index (χ2v) is 6.96. The number of aryl methyl sites for hydroxylation is 1. The Kier molecular flexibility index (Phi) is 4.01. The molecule has 0 spiro atoms. The number of anilines is 1. The van der Waals surface area contributed by atoms with Gasteiger partial charge in [-0.1, -0.05) is 17.3 Å². The van der Waals surface area contributed by atoms with Crippen molar-refractivity contribution < 1.29 is 14.1 Å². The molecule has 1 fully saturated rings. The maximum atomic E-state index is 12.6. The molecule has 4 rings (SSSR count). The highest BCUT2D eigenvalue weighted by atomic mass is 32.1. The Labute approximate surface area is 149 Å². The molecule has 0 radical (unpaired) electrons. The number of carbonyl (C=O) groups excluding carboxylic acids is 1. The largest absolute Gasteiger partial charge is 0.495 e. The average molecular weight is 355 g/mol. The van der Waals surface area contributed by atoms with E-state index >= 15 is 0 Å². The summed E-state index contributed by atoms with van der Waals surface area (Å²) < 4.78 is 10.8. The molecule has 1 aliphatic rings. The Morgan fingerprint density at radius 1 is 1.36 bits per heavy atom. The van der Waals surface area contributed by atoms with Crippen molar-refractivity contribution in [1.82, 2.24) is 10.1 Å². The number of ether oxygens (including phenoxy) is 1. The van der Waals surface area contributed by atoms with Gasteiger partial charge in [0.1, 0.15) is 5.75 Å². The Morgan fingerprint density at radius 2 is 2.24 bits per heavy atom. The fourth-order valence-electron chi connectivity index (χ4n) is 3.02. The van der Waals surface area contributed by atoms with Gasteiger partial charge in [0.2, 0.25) is 17.6 Å². The first-order chi connectivity index (χ1) is 12.2. The molecule has 0 N–H and O–H groups in total. The number of amides is 1. The quantitative estimate of drug-likeness (QED) is 0.715. The number of carbonyl (C=O) groups is 1. The summed E-state index contributed by atoms with van der Waals surface area (Å²) in [5.41, 5.74) is 1.86. The van der Waals surface area contributed by atoms with Gasteiger partial charge in [0.15, 0.2) is 0 Å².